The van der Waals surface area contributed by atoms with Crippen LogP contribution in [0.2, 0.25) is 0 Å². The summed E-state index contributed by atoms with van der Waals surface area (Å²) < 4.78 is 0. The highest BCUT2D eigenvalue weighted by atomic mass is 15.2. The highest BCUT2D eigenvalue weighted by molar-refractivity contribution is 5.87. The number of nitrogens with zero attached hydrogens (tertiary/aromatic N) is 3. The zero-order chi connectivity index (χ0) is 21.2. The van der Waals surface area contributed by atoms with Crippen molar-refractivity contribution in [2.24, 2.45) is 0 Å². The summed E-state index contributed by atoms with van der Waals surface area (Å²) in [7, 11) is 2.04. The molecule has 5 rings (SSSR count). The van der Waals surface area contributed by atoms with E-state index in [1.807, 2.05) is 44.3 Å². The average molecular weight is 402 g/mol. The van der Waals surface area contributed by atoms with Gasteiger partial charge in [0.05, 0.1) is 16.9 Å². The largest absolute Gasteiger partial charge is 0.313 e. The van der Waals surface area contributed by atoms with E-state index in [1.54, 1.807) is 0 Å². The first-order chi connectivity index (χ1) is 15.2. The molecule has 0 unspecified atom stereocenters. The van der Waals surface area contributed by atoms with Crippen LogP contribution in [0.25, 0.3) is 33.2 Å². The van der Waals surface area contributed by atoms with Gasteiger partial charge in [-0.3, -0.25) is 0 Å². The van der Waals surface area contributed by atoms with Gasteiger partial charge in [0.1, 0.15) is 0 Å². The van der Waals surface area contributed by atoms with Crippen molar-refractivity contribution in [1.29, 1.82) is 0 Å². The Hall–Kier alpha value is -3.98. The number of anilines is 2. The summed E-state index contributed by atoms with van der Waals surface area (Å²) in [4.78, 5) is 11.7. The van der Waals surface area contributed by atoms with E-state index in [4.69, 9.17) is 9.97 Å². The molecule has 150 valence electrons. The van der Waals surface area contributed by atoms with Crippen molar-refractivity contribution in [2.75, 3.05) is 11.9 Å². The van der Waals surface area contributed by atoms with E-state index in [-0.39, 0.29) is 0 Å². The second-order valence-corrected chi connectivity index (χ2v) is 7.65. The first-order valence-electron chi connectivity index (χ1n) is 10.4. The summed E-state index contributed by atoms with van der Waals surface area (Å²) in [6, 6.07) is 35.7. The van der Waals surface area contributed by atoms with Gasteiger partial charge in [-0.1, -0.05) is 84.9 Å². The molecular formula is C28H23N3. The van der Waals surface area contributed by atoms with Crippen LogP contribution in [0.15, 0.2) is 103 Å². The maximum atomic E-state index is 4.84. The Morgan fingerprint density at radius 3 is 2.00 bits per heavy atom. The van der Waals surface area contributed by atoms with Crippen molar-refractivity contribution in [2.45, 2.75) is 6.92 Å². The Balaban J connectivity index is 1.66. The van der Waals surface area contributed by atoms with Gasteiger partial charge in [0.15, 0.2) is 0 Å². The van der Waals surface area contributed by atoms with E-state index in [0.29, 0.717) is 5.95 Å². The molecular weight excluding hydrogens is 378 g/mol. The van der Waals surface area contributed by atoms with Crippen LogP contribution in [0.4, 0.5) is 11.6 Å². The van der Waals surface area contributed by atoms with Crippen molar-refractivity contribution >= 4 is 22.5 Å². The summed E-state index contributed by atoms with van der Waals surface area (Å²) in [5.74, 6) is 0.695. The first-order valence-corrected chi connectivity index (χ1v) is 10.4. The van der Waals surface area contributed by atoms with Crippen molar-refractivity contribution in [3.63, 3.8) is 0 Å². The van der Waals surface area contributed by atoms with Gasteiger partial charge in [-0.25, -0.2) is 9.97 Å². The smallest absolute Gasteiger partial charge is 0.230 e. The summed E-state index contributed by atoms with van der Waals surface area (Å²) in [5, 5.41) is 1.09. The van der Waals surface area contributed by atoms with E-state index in [9.17, 15) is 0 Å². The van der Waals surface area contributed by atoms with Crippen LogP contribution in [0.3, 0.4) is 0 Å². The van der Waals surface area contributed by atoms with Crippen LogP contribution in [0.1, 0.15) is 5.69 Å². The number of hydrogen-bond acceptors (Lipinski definition) is 3. The van der Waals surface area contributed by atoms with Gasteiger partial charge in [-0.05, 0) is 41.8 Å². The third-order valence-corrected chi connectivity index (χ3v) is 5.63. The molecule has 0 amide bonds. The van der Waals surface area contributed by atoms with Crippen LogP contribution in [-0.2, 0) is 0 Å². The standard InChI is InChI=1S/C28H23N3/c1-20-24-15-9-10-16-26(24)30-28(29-20)31(2)27-18-17-23(21-11-5-3-6-12-21)19-25(27)22-13-7-4-8-14-22/h3-19H,1-2H3. The third-order valence-electron chi connectivity index (χ3n) is 5.63. The van der Waals surface area contributed by atoms with Crippen LogP contribution < -0.4 is 4.90 Å². The molecule has 5 aromatic rings. The highest BCUT2D eigenvalue weighted by Gasteiger charge is 2.16. The molecule has 0 bridgehead atoms. The molecule has 1 aromatic heterocycles. The first kappa shape index (κ1) is 19.0. The van der Waals surface area contributed by atoms with E-state index >= 15 is 0 Å². The van der Waals surface area contributed by atoms with Gasteiger partial charge >= 0.3 is 0 Å². The van der Waals surface area contributed by atoms with Gasteiger partial charge in [-0.15, -0.1) is 0 Å². The van der Waals surface area contributed by atoms with Gasteiger partial charge < -0.3 is 4.90 Å². The molecule has 0 aliphatic rings. The number of aryl methyl sites for hydroxylation is 1. The summed E-state index contributed by atoms with van der Waals surface area (Å²) in [5.41, 5.74) is 7.71. The summed E-state index contributed by atoms with van der Waals surface area (Å²) in [6.45, 7) is 2.04. The minimum Gasteiger partial charge on any atom is -0.313 e. The summed E-state index contributed by atoms with van der Waals surface area (Å²) >= 11 is 0. The van der Waals surface area contributed by atoms with Crippen molar-refractivity contribution in [3.8, 4) is 22.3 Å². The van der Waals surface area contributed by atoms with Crippen molar-refractivity contribution < 1.29 is 0 Å². The molecule has 4 aromatic carbocycles. The summed E-state index contributed by atoms with van der Waals surface area (Å²) in [6.07, 6.45) is 0. The molecule has 31 heavy (non-hydrogen) atoms. The van der Waals surface area contributed by atoms with Crippen LogP contribution in [-0.4, -0.2) is 17.0 Å². The Morgan fingerprint density at radius 2 is 1.26 bits per heavy atom. The number of benzene rings is 4. The van der Waals surface area contributed by atoms with E-state index in [2.05, 4.69) is 77.7 Å². The topological polar surface area (TPSA) is 29.0 Å². The normalized spacial score (nSPS) is 10.9. The molecule has 0 spiro atoms. The lowest BCUT2D eigenvalue weighted by atomic mass is 9.97. The minimum atomic E-state index is 0.695. The number of aromatic nitrogens is 2. The fourth-order valence-corrected chi connectivity index (χ4v) is 3.97. The molecule has 1 heterocycles. The monoisotopic (exact) mass is 401 g/mol. The zero-order valence-corrected chi connectivity index (χ0v) is 17.7. The number of rotatable bonds is 4. The van der Waals surface area contributed by atoms with Crippen LogP contribution in [0.5, 0.6) is 0 Å². The Morgan fingerprint density at radius 1 is 0.613 bits per heavy atom. The predicted octanol–water partition coefficient (Wildman–Crippen LogP) is 7.04. The Kier molecular flexibility index (Phi) is 4.93. The van der Waals surface area contributed by atoms with Crippen LogP contribution >= 0.6 is 0 Å². The number of fused-ring (bicyclic) bond motifs is 1. The Labute approximate surface area is 182 Å². The molecule has 0 aliphatic carbocycles. The van der Waals surface area contributed by atoms with Gasteiger partial charge in [0, 0.05) is 18.0 Å². The molecule has 0 saturated heterocycles. The second kappa shape index (κ2) is 8.04. The zero-order valence-electron chi connectivity index (χ0n) is 17.7. The van der Waals surface area contributed by atoms with Crippen molar-refractivity contribution in [3.05, 3.63) is 109 Å². The maximum absolute atomic E-state index is 4.84. The van der Waals surface area contributed by atoms with Gasteiger partial charge in [0.25, 0.3) is 0 Å². The second-order valence-electron chi connectivity index (χ2n) is 7.65. The average Bonchev–Trinajstić information content (AvgIpc) is 2.84. The molecule has 3 heteroatoms. The molecule has 3 nitrogen and oxygen atoms in total. The lowest BCUT2D eigenvalue weighted by Crippen LogP contribution is -2.15. The lowest BCUT2D eigenvalue weighted by Gasteiger charge is -2.22. The third kappa shape index (κ3) is 3.66. The van der Waals surface area contributed by atoms with Crippen LogP contribution in [0, 0.1) is 6.92 Å². The predicted molar refractivity (Wildman–Crippen MR) is 130 cm³/mol. The van der Waals surface area contributed by atoms with E-state index in [1.165, 1.54) is 16.7 Å². The minimum absolute atomic E-state index is 0.695. The Bertz CT molecular complexity index is 1350. The molecule has 0 saturated carbocycles. The SMILES string of the molecule is Cc1nc(N(C)c2ccc(-c3ccccc3)cc2-c2ccccc2)nc2ccccc12. The highest BCUT2D eigenvalue weighted by Crippen LogP contribution is 2.37. The molecule has 0 atom stereocenters. The number of para-hydroxylation sites is 1. The van der Waals surface area contributed by atoms with E-state index < -0.39 is 0 Å². The quantitative estimate of drug-likeness (QED) is 0.323. The molecule has 0 radical (unpaired) electrons. The molecule has 0 N–H and O–H groups in total. The maximum Gasteiger partial charge on any atom is 0.230 e. The number of hydrogen-bond donors (Lipinski definition) is 0. The fraction of sp³-hybridized carbons (Fsp3) is 0.0714. The van der Waals surface area contributed by atoms with Gasteiger partial charge in [0.2, 0.25) is 5.95 Å². The van der Waals surface area contributed by atoms with Gasteiger partial charge in [-0.2, -0.15) is 0 Å². The molecule has 0 fully saturated rings. The molecule has 0 aliphatic heterocycles. The fourth-order valence-electron chi connectivity index (χ4n) is 3.97. The van der Waals surface area contributed by atoms with Crippen molar-refractivity contribution in [1.82, 2.24) is 9.97 Å². The van der Waals surface area contributed by atoms with E-state index in [0.717, 1.165) is 27.8 Å². The lowest BCUT2D eigenvalue weighted by molar-refractivity contribution is 1.04.